The van der Waals surface area contributed by atoms with Crippen molar-refractivity contribution < 1.29 is 14.7 Å². The predicted molar refractivity (Wildman–Crippen MR) is 106 cm³/mol. The van der Waals surface area contributed by atoms with Crippen LogP contribution in [0.2, 0.25) is 0 Å². The summed E-state index contributed by atoms with van der Waals surface area (Å²) < 4.78 is 0. The molecule has 27 heavy (non-hydrogen) atoms. The Morgan fingerprint density at radius 2 is 2.00 bits per heavy atom. The first-order valence-electron chi connectivity index (χ1n) is 10.9. The van der Waals surface area contributed by atoms with Crippen LogP contribution in [0.25, 0.3) is 0 Å². The number of carbonyl (C=O) groups is 2. The highest BCUT2D eigenvalue weighted by Gasteiger charge is 2.58. The Bertz CT molecular complexity index is 704. The molecule has 0 aromatic rings. The van der Waals surface area contributed by atoms with E-state index in [4.69, 9.17) is 5.11 Å². The average molecular weight is 371 g/mol. The molecular weight excluding hydrogens is 336 g/mol. The zero-order chi connectivity index (χ0) is 19.4. The summed E-state index contributed by atoms with van der Waals surface area (Å²) in [6.07, 6.45) is 14.4. The van der Waals surface area contributed by atoms with Gasteiger partial charge in [-0.05, 0) is 92.1 Å². The Morgan fingerprint density at radius 3 is 2.74 bits per heavy atom. The maximum atomic E-state index is 11.9. The monoisotopic (exact) mass is 370 g/mol. The molecule has 0 radical (unpaired) electrons. The van der Waals surface area contributed by atoms with Crippen LogP contribution in [-0.2, 0) is 9.59 Å². The predicted octanol–water partition coefficient (Wildman–Crippen LogP) is 5.41. The van der Waals surface area contributed by atoms with E-state index in [2.05, 4.69) is 26.8 Å². The number of fused-ring (bicyclic) bond motifs is 5. The molecule has 3 heteroatoms. The van der Waals surface area contributed by atoms with Gasteiger partial charge >= 0.3 is 5.97 Å². The van der Waals surface area contributed by atoms with Crippen molar-refractivity contribution in [3.05, 3.63) is 23.8 Å². The van der Waals surface area contributed by atoms with Gasteiger partial charge in [-0.2, -0.15) is 0 Å². The van der Waals surface area contributed by atoms with Gasteiger partial charge in [-0.1, -0.05) is 32.4 Å². The third-order valence-corrected chi connectivity index (χ3v) is 9.13. The Labute approximate surface area is 163 Å². The van der Waals surface area contributed by atoms with Gasteiger partial charge in [0.1, 0.15) is 0 Å². The summed E-state index contributed by atoms with van der Waals surface area (Å²) >= 11 is 0. The van der Waals surface area contributed by atoms with E-state index in [1.165, 1.54) is 37.7 Å². The molecule has 3 fully saturated rings. The molecule has 0 aromatic heterocycles. The standard InChI is InChI=1S/C24H34O3/c1-15(4-9-22(26)27)19-7-8-20-18-6-5-16-14-17(25)10-12-23(16,2)21(18)11-13-24(19,20)3/h10,12,14-15,18-21H,4-9,11,13H2,1-3H3,(H,26,27). The van der Waals surface area contributed by atoms with Crippen LogP contribution in [0.1, 0.15) is 72.1 Å². The lowest BCUT2D eigenvalue weighted by atomic mass is 9.47. The lowest BCUT2D eigenvalue weighted by molar-refractivity contribution is -0.137. The number of hydrogen-bond acceptors (Lipinski definition) is 2. The SMILES string of the molecule is CC(CCC(=O)O)C1CCC2C3CCC4=CC(=O)C=CC4(C)C3CCC12C. The molecule has 148 valence electrons. The van der Waals surface area contributed by atoms with Gasteiger partial charge in [0.15, 0.2) is 5.78 Å². The van der Waals surface area contributed by atoms with E-state index in [1.54, 1.807) is 6.08 Å². The van der Waals surface area contributed by atoms with E-state index in [-0.39, 0.29) is 11.2 Å². The Balaban J connectivity index is 1.56. The molecule has 0 spiro atoms. The summed E-state index contributed by atoms with van der Waals surface area (Å²) in [5, 5.41) is 9.08. The van der Waals surface area contributed by atoms with Crippen molar-refractivity contribution in [2.75, 3.05) is 0 Å². The van der Waals surface area contributed by atoms with Gasteiger partial charge in [0, 0.05) is 11.8 Å². The molecule has 0 bridgehead atoms. The number of carboxylic acids is 1. The number of carbonyl (C=O) groups excluding carboxylic acids is 1. The molecule has 4 aliphatic rings. The van der Waals surface area contributed by atoms with Gasteiger partial charge in [0.2, 0.25) is 0 Å². The second-order valence-corrected chi connectivity index (χ2v) is 10.2. The first-order valence-corrected chi connectivity index (χ1v) is 10.9. The molecule has 4 rings (SSSR count). The fourth-order valence-corrected chi connectivity index (χ4v) is 7.73. The fraction of sp³-hybridized carbons (Fsp3) is 0.750. The van der Waals surface area contributed by atoms with Crippen molar-refractivity contribution in [1.82, 2.24) is 0 Å². The Kier molecular flexibility index (Phi) is 4.63. The van der Waals surface area contributed by atoms with E-state index in [9.17, 15) is 9.59 Å². The quantitative estimate of drug-likeness (QED) is 0.720. The van der Waals surface area contributed by atoms with Gasteiger partial charge in [-0.3, -0.25) is 9.59 Å². The average Bonchev–Trinajstić information content (AvgIpc) is 2.97. The van der Waals surface area contributed by atoms with Crippen molar-refractivity contribution in [2.45, 2.75) is 72.1 Å². The Hall–Kier alpha value is -1.38. The molecule has 0 saturated heterocycles. The van der Waals surface area contributed by atoms with Gasteiger partial charge in [0.05, 0.1) is 0 Å². The smallest absolute Gasteiger partial charge is 0.303 e. The van der Waals surface area contributed by atoms with Crippen molar-refractivity contribution in [3.8, 4) is 0 Å². The van der Waals surface area contributed by atoms with Crippen LogP contribution in [0.5, 0.6) is 0 Å². The fourth-order valence-electron chi connectivity index (χ4n) is 7.73. The number of hydrogen-bond donors (Lipinski definition) is 1. The van der Waals surface area contributed by atoms with E-state index in [1.807, 2.05) is 6.08 Å². The summed E-state index contributed by atoms with van der Waals surface area (Å²) in [6.45, 7) is 7.16. The van der Waals surface area contributed by atoms with E-state index in [0.717, 1.165) is 24.7 Å². The second-order valence-electron chi connectivity index (χ2n) is 10.2. The zero-order valence-electron chi connectivity index (χ0n) is 17.0. The van der Waals surface area contributed by atoms with E-state index in [0.29, 0.717) is 29.6 Å². The topological polar surface area (TPSA) is 54.4 Å². The van der Waals surface area contributed by atoms with Gasteiger partial charge in [-0.25, -0.2) is 0 Å². The minimum absolute atomic E-state index is 0.0746. The number of rotatable bonds is 4. The van der Waals surface area contributed by atoms with Crippen LogP contribution in [0, 0.1) is 40.4 Å². The van der Waals surface area contributed by atoms with E-state index < -0.39 is 5.97 Å². The highest BCUT2D eigenvalue weighted by molar-refractivity contribution is 6.01. The molecule has 7 atom stereocenters. The normalized spacial score (nSPS) is 44.1. The summed E-state index contributed by atoms with van der Waals surface area (Å²) in [5.41, 5.74) is 1.81. The molecular formula is C24H34O3. The minimum Gasteiger partial charge on any atom is -0.481 e. The maximum absolute atomic E-state index is 11.9. The molecule has 0 heterocycles. The summed E-state index contributed by atoms with van der Waals surface area (Å²) in [6, 6.07) is 0. The molecule has 0 aliphatic heterocycles. The third-order valence-electron chi connectivity index (χ3n) is 9.13. The Morgan fingerprint density at radius 1 is 1.22 bits per heavy atom. The summed E-state index contributed by atoms with van der Waals surface area (Å²) in [7, 11) is 0. The van der Waals surface area contributed by atoms with Crippen LogP contribution in [0.15, 0.2) is 23.8 Å². The van der Waals surface area contributed by atoms with Crippen LogP contribution in [-0.4, -0.2) is 16.9 Å². The number of ketones is 1. The first-order chi connectivity index (χ1) is 12.8. The molecule has 7 unspecified atom stereocenters. The second kappa shape index (κ2) is 6.60. The lowest BCUT2D eigenvalue weighted by Gasteiger charge is -2.57. The van der Waals surface area contributed by atoms with Crippen LogP contribution in [0.4, 0.5) is 0 Å². The van der Waals surface area contributed by atoms with Crippen molar-refractivity contribution >= 4 is 11.8 Å². The van der Waals surface area contributed by atoms with Crippen molar-refractivity contribution in [1.29, 1.82) is 0 Å². The van der Waals surface area contributed by atoms with E-state index >= 15 is 0 Å². The highest BCUT2D eigenvalue weighted by atomic mass is 16.4. The van der Waals surface area contributed by atoms with Gasteiger partial charge in [-0.15, -0.1) is 0 Å². The van der Waals surface area contributed by atoms with Crippen LogP contribution in [0.3, 0.4) is 0 Å². The molecule has 3 nitrogen and oxygen atoms in total. The highest BCUT2D eigenvalue weighted by Crippen LogP contribution is 2.67. The number of carboxylic acid groups (broad SMARTS) is 1. The largest absolute Gasteiger partial charge is 0.481 e. The van der Waals surface area contributed by atoms with Gasteiger partial charge < -0.3 is 5.11 Å². The summed E-state index contributed by atoms with van der Waals surface area (Å²) in [5.74, 6) is 2.83. The zero-order valence-corrected chi connectivity index (χ0v) is 17.0. The van der Waals surface area contributed by atoms with Crippen LogP contribution < -0.4 is 0 Å². The van der Waals surface area contributed by atoms with Crippen LogP contribution >= 0.6 is 0 Å². The number of aliphatic carboxylic acids is 1. The lowest BCUT2D eigenvalue weighted by Crippen LogP contribution is -2.50. The molecule has 0 amide bonds. The summed E-state index contributed by atoms with van der Waals surface area (Å²) in [4.78, 5) is 22.9. The van der Waals surface area contributed by atoms with Gasteiger partial charge in [0.25, 0.3) is 0 Å². The maximum Gasteiger partial charge on any atom is 0.303 e. The van der Waals surface area contributed by atoms with Crippen molar-refractivity contribution in [2.24, 2.45) is 40.4 Å². The number of allylic oxidation sites excluding steroid dienone is 4. The third kappa shape index (κ3) is 2.93. The molecule has 1 N–H and O–H groups in total. The molecule has 3 saturated carbocycles. The molecule has 0 aromatic carbocycles. The molecule has 4 aliphatic carbocycles. The first kappa shape index (κ1) is 19.0. The van der Waals surface area contributed by atoms with Crippen molar-refractivity contribution in [3.63, 3.8) is 0 Å². The minimum atomic E-state index is -0.664.